The lowest BCUT2D eigenvalue weighted by Crippen LogP contribution is -2.64. The van der Waals surface area contributed by atoms with Gasteiger partial charge in [0.15, 0.2) is 5.69 Å². The first-order valence-electron chi connectivity index (χ1n) is 12.5. The fourth-order valence-corrected chi connectivity index (χ4v) is 5.07. The van der Waals surface area contributed by atoms with Gasteiger partial charge in [0.1, 0.15) is 17.1 Å². The molecule has 1 aliphatic heterocycles. The number of fused-ring (bicyclic) bond motifs is 1. The Bertz CT molecular complexity index is 1380. The van der Waals surface area contributed by atoms with E-state index in [1.165, 1.54) is 18.5 Å². The summed E-state index contributed by atoms with van der Waals surface area (Å²) in [5, 5.41) is 5.86. The minimum Gasteiger partial charge on any atom is -0.350 e. The van der Waals surface area contributed by atoms with E-state index in [-0.39, 0.29) is 48.2 Å². The molecule has 2 N–H and O–H groups in total. The summed E-state index contributed by atoms with van der Waals surface area (Å²) in [6, 6.07) is 11.7. The number of carbonyl (C=O) groups is 3. The van der Waals surface area contributed by atoms with E-state index >= 15 is 0 Å². The average molecular weight is 504 g/mol. The molecule has 0 radical (unpaired) electrons. The van der Waals surface area contributed by atoms with E-state index < -0.39 is 11.4 Å². The Hall–Kier alpha value is -4.01. The number of benzene rings is 2. The Labute approximate surface area is 214 Å². The highest BCUT2D eigenvalue weighted by molar-refractivity contribution is 6.12. The van der Waals surface area contributed by atoms with Gasteiger partial charge >= 0.3 is 0 Å². The molecular formula is C28H30FN5O3. The van der Waals surface area contributed by atoms with E-state index in [0.717, 1.165) is 41.6 Å². The largest absolute Gasteiger partial charge is 0.350 e. The van der Waals surface area contributed by atoms with Crippen LogP contribution in [0.5, 0.6) is 0 Å². The topological polar surface area (TPSA) is 96.3 Å². The molecule has 1 aliphatic carbocycles. The predicted molar refractivity (Wildman–Crippen MR) is 137 cm³/mol. The number of hydrogen-bond donors (Lipinski definition) is 2. The normalized spacial score (nSPS) is 18.9. The first-order valence-corrected chi connectivity index (χ1v) is 12.5. The van der Waals surface area contributed by atoms with Crippen molar-refractivity contribution in [3.63, 3.8) is 0 Å². The van der Waals surface area contributed by atoms with E-state index in [9.17, 15) is 18.8 Å². The smallest absolute Gasteiger partial charge is 0.276 e. The molecule has 2 aromatic carbocycles. The zero-order valence-corrected chi connectivity index (χ0v) is 21.2. The molecule has 0 unspecified atom stereocenters. The fraction of sp³-hybridized carbons (Fsp3) is 0.357. The molecule has 2 aliphatic rings. The van der Waals surface area contributed by atoms with E-state index in [1.807, 2.05) is 32.0 Å². The Morgan fingerprint density at radius 3 is 2.57 bits per heavy atom. The molecule has 3 amide bonds. The lowest BCUT2D eigenvalue weighted by Gasteiger charge is -2.44. The number of rotatable bonds is 7. The van der Waals surface area contributed by atoms with Crippen LogP contribution in [0.1, 0.15) is 64.4 Å². The van der Waals surface area contributed by atoms with Gasteiger partial charge in [-0.15, -0.1) is 0 Å². The molecule has 0 spiro atoms. The molecule has 1 aromatic heterocycles. The van der Waals surface area contributed by atoms with Crippen LogP contribution in [0.2, 0.25) is 0 Å². The number of aryl methyl sites for hydroxylation is 2. The summed E-state index contributed by atoms with van der Waals surface area (Å²) < 4.78 is 14.8. The van der Waals surface area contributed by atoms with Crippen molar-refractivity contribution in [2.24, 2.45) is 0 Å². The van der Waals surface area contributed by atoms with Gasteiger partial charge in [-0.05, 0) is 61.9 Å². The minimum atomic E-state index is -1.16. The highest BCUT2D eigenvalue weighted by atomic mass is 19.1. The van der Waals surface area contributed by atoms with Gasteiger partial charge in [-0.1, -0.05) is 37.3 Å². The summed E-state index contributed by atoms with van der Waals surface area (Å²) >= 11 is 0. The standard InChI is InChI=1S/C28H30FN5O3/c1-4-19-7-5-6-17(2)22(19)32-25(35)23-24-26(36)34(21-12-13-21)28(3,15-33(24)16-31-23)27(37)30-14-18-8-10-20(29)11-9-18/h5-11,16,21H,4,12-15H2,1-3H3,(H,30,37)(H,32,35)/t28-/m0/s1. The molecule has 3 aromatic rings. The van der Waals surface area contributed by atoms with Crippen LogP contribution in [0, 0.1) is 12.7 Å². The van der Waals surface area contributed by atoms with Crippen molar-refractivity contribution in [2.75, 3.05) is 5.32 Å². The molecule has 9 heteroatoms. The average Bonchev–Trinajstić information content (AvgIpc) is 3.62. The van der Waals surface area contributed by atoms with Crippen molar-refractivity contribution < 1.29 is 18.8 Å². The molecule has 37 heavy (non-hydrogen) atoms. The number of anilines is 1. The molecule has 1 saturated carbocycles. The zero-order valence-electron chi connectivity index (χ0n) is 21.2. The second-order valence-electron chi connectivity index (χ2n) is 9.98. The van der Waals surface area contributed by atoms with Gasteiger partial charge in [-0.2, -0.15) is 0 Å². The SMILES string of the molecule is CCc1cccc(C)c1NC(=O)c1ncn2c1C(=O)N(C1CC1)[C@](C)(C(=O)NCc1ccc(F)cc1)C2. The predicted octanol–water partition coefficient (Wildman–Crippen LogP) is 3.84. The molecule has 1 fully saturated rings. The molecule has 0 bridgehead atoms. The quantitative estimate of drug-likeness (QED) is 0.512. The number of halogens is 1. The van der Waals surface area contributed by atoms with Gasteiger partial charge in [-0.3, -0.25) is 14.4 Å². The number of aromatic nitrogens is 2. The van der Waals surface area contributed by atoms with Gasteiger partial charge < -0.3 is 20.1 Å². The lowest BCUT2D eigenvalue weighted by molar-refractivity contribution is -0.133. The first kappa shape index (κ1) is 24.7. The number of hydrogen-bond acceptors (Lipinski definition) is 4. The van der Waals surface area contributed by atoms with Gasteiger partial charge in [0.05, 0.1) is 12.9 Å². The third-order valence-electron chi connectivity index (χ3n) is 7.23. The summed E-state index contributed by atoms with van der Waals surface area (Å²) in [7, 11) is 0. The number of carbonyl (C=O) groups excluding carboxylic acids is 3. The molecule has 192 valence electrons. The number of amides is 3. The van der Waals surface area contributed by atoms with Gasteiger partial charge in [0.2, 0.25) is 5.91 Å². The Balaban J connectivity index is 1.42. The number of para-hydroxylation sites is 1. The van der Waals surface area contributed by atoms with Crippen molar-refractivity contribution in [1.29, 1.82) is 0 Å². The first-order chi connectivity index (χ1) is 17.7. The molecule has 1 atom stereocenters. The van der Waals surface area contributed by atoms with E-state index in [4.69, 9.17) is 0 Å². The van der Waals surface area contributed by atoms with Crippen LogP contribution in [0.4, 0.5) is 10.1 Å². The van der Waals surface area contributed by atoms with Crippen LogP contribution >= 0.6 is 0 Å². The van der Waals surface area contributed by atoms with Crippen molar-refractivity contribution >= 4 is 23.4 Å². The summed E-state index contributed by atoms with van der Waals surface area (Å²) in [6.45, 7) is 6.06. The van der Waals surface area contributed by atoms with Crippen molar-refractivity contribution in [3.8, 4) is 0 Å². The number of nitrogens with one attached hydrogen (secondary N) is 2. The van der Waals surface area contributed by atoms with Crippen LogP contribution in [0.15, 0.2) is 48.8 Å². The summed E-state index contributed by atoms with van der Waals surface area (Å²) in [5.74, 6) is -1.49. The van der Waals surface area contributed by atoms with Crippen LogP contribution in [0.25, 0.3) is 0 Å². The van der Waals surface area contributed by atoms with Crippen molar-refractivity contribution in [2.45, 2.75) is 64.7 Å². The Kier molecular flexibility index (Phi) is 6.31. The second-order valence-corrected chi connectivity index (χ2v) is 9.98. The minimum absolute atomic E-state index is 0.0507. The highest BCUT2D eigenvalue weighted by Crippen LogP contribution is 2.39. The van der Waals surface area contributed by atoms with Crippen LogP contribution in [0.3, 0.4) is 0 Å². The molecule has 2 heterocycles. The summed E-state index contributed by atoms with van der Waals surface area (Å²) in [6.07, 6.45) is 3.80. The van der Waals surface area contributed by atoms with Crippen LogP contribution < -0.4 is 10.6 Å². The van der Waals surface area contributed by atoms with Crippen LogP contribution in [-0.2, 0) is 24.3 Å². The fourth-order valence-electron chi connectivity index (χ4n) is 5.07. The monoisotopic (exact) mass is 503 g/mol. The van der Waals surface area contributed by atoms with E-state index in [2.05, 4.69) is 15.6 Å². The van der Waals surface area contributed by atoms with Gasteiger partial charge in [-0.25, -0.2) is 9.37 Å². The maximum Gasteiger partial charge on any atom is 0.276 e. The molecular weight excluding hydrogens is 473 g/mol. The maximum absolute atomic E-state index is 13.8. The van der Waals surface area contributed by atoms with E-state index in [0.29, 0.717) is 0 Å². The Morgan fingerprint density at radius 1 is 1.16 bits per heavy atom. The molecule has 8 nitrogen and oxygen atoms in total. The highest BCUT2D eigenvalue weighted by Gasteiger charge is 2.53. The maximum atomic E-state index is 13.8. The molecule has 0 saturated heterocycles. The number of imidazole rings is 1. The second kappa shape index (κ2) is 9.46. The van der Waals surface area contributed by atoms with Crippen molar-refractivity contribution in [1.82, 2.24) is 19.8 Å². The summed E-state index contributed by atoms with van der Waals surface area (Å²) in [5.41, 5.74) is 2.49. The van der Waals surface area contributed by atoms with E-state index in [1.54, 1.807) is 28.5 Å². The third-order valence-corrected chi connectivity index (χ3v) is 7.23. The Morgan fingerprint density at radius 2 is 1.89 bits per heavy atom. The van der Waals surface area contributed by atoms with Gasteiger partial charge in [0.25, 0.3) is 11.8 Å². The lowest BCUT2D eigenvalue weighted by atomic mass is 9.93. The molecule has 5 rings (SSSR count). The zero-order chi connectivity index (χ0) is 26.3. The summed E-state index contributed by atoms with van der Waals surface area (Å²) in [4.78, 5) is 46.5. The van der Waals surface area contributed by atoms with Gasteiger partial charge in [0, 0.05) is 18.3 Å². The van der Waals surface area contributed by atoms with Crippen molar-refractivity contribution in [3.05, 3.63) is 82.7 Å². The van der Waals surface area contributed by atoms with Crippen LogP contribution in [-0.4, -0.2) is 43.8 Å². The third kappa shape index (κ3) is 4.50. The number of nitrogens with zero attached hydrogens (tertiary/aromatic N) is 3.